The van der Waals surface area contributed by atoms with Gasteiger partial charge in [0.25, 0.3) is 0 Å². The monoisotopic (exact) mass is 357 g/mol. The van der Waals surface area contributed by atoms with Gasteiger partial charge in [-0.15, -0.1) is 0 Å². The van der Waals surface area contributed by atoms with Gasteiger partial charge in [-0.25, -0.2) is 4.79 Å². The minimum absolute atomic E-state index is 0.304. The lowest BCUT2D eigenvalue weighted by Crippen LogP contribution is -2.31. The van der Waals surface area contributed by atoms with Gasteiger partial charge in [0.1, 0.15) is 18.1 Å². The van der Waals surface area contributed by atoms with Crippen molar-refractivity contribution in [1.82, 2.24) is 4.90 Å². The Labute approximate surface area is 156 Å². The smallest absolute Gasteiger partial charge is 0.344 e. The van der Waals surface area contributed by atoms with E-state index in [1.807, 2.05) is 30.3 Å². The summed E-state index contributed by atoms with van der Waals surface area (Å²) in [4.78, 5) is 14.7. The Kier molecular flexibility index (Phi) is 3.73. The number of aryl methyl sites for hydroxylation is 1. The van der Waals surface area contributed by atoms with Gasteiger partial charge in [0.15, 0.2) is 0 Å². The zero-order chi connectivity index (χ0) is 18.4. The van der Waals surface area contributed by atoms with Crippen molar-refractivity contribution in [2.24, 2.45) is 0 Å². The van der Waals surface area contributed by atoms with Crippen LogP contribution in [0, 0.1) is 6.92 Å². The van der Waals surface area contributed by atoms with E-state index in [9.17, 15) is 4.79 Å². The first-order valence-corrected chi connectivity index (χ1v) is 9.07. The Morgan fingerprint density at radius 1 is 0.926 bits per heavy atom. The van der Waals surface area contributed by atoms with Crippen LogP contribution in [-0.2, 0) is 13.1 Å². The maximum absolute atomic E-state index is 12.5. The van der Waals surface area contributed by atoms with Gasteiger partial charge in [-0.05, 0) is 36.1 Å². The Bertz CT molecular complexity index is 1210. The first kappa shape index (κ1) is 16.1. The van der Waals surface area contributed by atoms with Gasteiger partial charge in [0.05, 0.1) is 10.9 Å². The van der Waals surface area contributed by atoms with Crippen LogP contribution in [0.4, 0.5) is 0 Å². The fraction of sp³-hybridized carbons (Fsp3) is 0.174. The molecule has 0 saturated carbocycles. The summed E-state index contributed by atoms with van der Waals surface area (Å²) in [6.07, 6.45) is 0. The maximum atomic E-state index is 12.5. The van der Waals surface area contributed by atoms with Crippen molar-refractivity contribution in [3.63, 3.8) is 0 Å². The minimum Gasteiger partial charge on any atom is -0.478 e. The molecule has 27 heavy (non-hydrogen) atoms. The van der Waals surface area contributed by atoms with Crippen LogP contribution >= 0.6 is 0 Å². The summed E-state index contributed by atoms with van der Waals surface area (Å²) >= 11 is 0. The molecule has 1 aliphatic heterocycles. The summed E-state index contributed by atoms with van der Waals surface area (Å²) in [5.41, 5.74) is 3.75. The van der Waals surface area contributed by atoms with E-state index in [0.717, 1.165) is 28.6 Å². The van der Waals surface area contributed by atoms with Gasteiger partial charge in [-0.2, -0.15) is 0 Å². The molecule has 0 spiro atoms. The molecule has 0 bridgehead atoms. The number of rotatable bonds is 2. The Morgan fingerprint density at radius 2 is 1.70 bits per heavy atom. The summed E-state index contributed by atoms with van der Waals surface area (Å²) in [5, 5.41) is 2.48. The molecule has 134 valence electrons. The molecule has 5 rings (SSSR count). The molecule has 0 fully saturated rings. The third kappa shape index (κ3) is 2.78. The van der Waals surface area contributed by atoms with E-state index in [1.165, 1.54) is 11.1 Å². The van der Waals surface area contributed by atoms with Crippen molar-refractivity contribution in [2.75, 3.05) is 6.73 Å². The fourth-order valence-electron chi connectivity index (χ4n) is 3.75. The number of hydrogen-bond acceptors (Lipinski definition) is 4. The van der Waals surface area contributed by atoms with Gasteiger partial charge in [-0.1, -0.05) is 48.0 Å². The van der Waals surface area contributed by atoms with Crippen molar-refractivity contribution < 1.29 is 9.15 Å². The van der Waals surface area contributed by atoms with Crippen molar-refractivity contribution in [1.29, 1.82) is 0 Å². The minimum atomic E-state index is -0.304. The molecular weight excluding hydrogens is 338 g/mol. The van der Waals surface area contributed by atoms with Crippen LogP contribution in [0.3, 0.4) is 0 Å². The molecule has 3 aromatic carbocycles. The molecule has 0 radical (unpaired) electrons. The topological polar surface area (TPSA) is 42.7 Å². The number of ether oxygens (including phenoxy) is 1. The van der Waals surface area contributed by atoms with Gasteiger partial charge >= 0.3 is 5.63 Å². The normalized spacial score (nSPS) is 14.3. The van der Waals surface area contributed by atoms with Gasteiger partial charge in [0, 0.05) is 18.5 Å². The zero-order valence-corrected chi connectivity index (χ0v) is 15.1. The van der Waals surface area contributed by atoms with Crippen LogP contribution < -0.4 is 10.4 Å². The summed E-state index contributed by atoms with van der Waals surface area (Å²) in [6.45, 7) is 4.07. The first-order valence-electron chi connectivity index (χ1n) is 9.07. The molecule has 0 saturated heterocycles. The molecule has 0 aliphatic carbocycles. The van der Waals surface area contributed by atoms with E-state index in [2.05, 4.69) is 36.1 Å². The molecule has 0 atom stereocenters. The van der Waals surface area contributed by atoms with Gasteiger partial charge in [-0.3, -0.25) is 4.90 Å². The number of hydrogen-bond donors (Lipinski definition) is 0. The largest absolute Gasteiger partial charge is 0.478 e. The highest BCUT2D eigenvalue weighted by Gasteiger charge is 2.22. The van der Waals surface area contributed by atoms with Crippen LogP contribution in [0.15, 0.2) is 69.9 Å². The lowest BCUT2D eigenvalue weighted by molar-refractivity contribution is 0.0890. The second-order valence-electron chi connectivity index (χ2n) is 7.10. The Morgan fingerprint density at radius 3 is 2.52 bits per heavy atom. The highest BCUT2D eigenvalue weighted by molar-refractivity contribution is 6.05. The molecule has 4 nitrogen and oxygen atoms in total. The summed E-state index contributed by atoms with van der Waals surface area (Å²) in [6, 6.07) is 20.1. The molecular formula is C23H19NO3. The van der Waals surface area contributed by atoms with E-state index >= 15 is 0 Å². The third-order valence-corrected chi connectivity index (χ3v) is 5.16. The molecule has 2 heterocycles. The summed E-state index contributed by atoms with van der Waals surface area (Å²) < 4.78 is 11.7. The molecule has 0 N–H and O–H groups in total. The first-order chi connectivity index (χ1) is 13.2. The standard InChI is InChI=1S/C23H19NO3/c1-15-6-8-16(9-7-15)12-24-13-20-21(26-14-24)11-10-18-17-4-2-3-5-19(17)23(25)27-22(18)20/h2-11H,12-14H2,1H3. The molecule has 1 aromatic heterocycles. The lowest BCUT2D eigenvalue weighted by atomic mass is 10.0. The maximum Gasteiger partial charge on any atom is 0.344 e. The predicted molar refractivity (Wildman–Crippen MR) is 106 cm³/mol. The van der Waals surface area contributed by atoms with Crippen LogP contribution in [-0.4, -0.2) is 11.6 Å². The van der Waals surface area contributed by atoms with Crippen LogP contribution in [0.25, 0.3) is 21.7 Å². The zero-order valence-electron chi connectivity index (χ0n) is 15.1. The quantitative estimate of drug-likeness (QED) is 0.388. The molecule has 1 aliphatic rings. The van der Waals surface area contributed by atoms with Crippen molar-refractivity contribution >= 4 is 21.7 Å². The van der Waals surface area contributed by atoms with Crippen LogP contribution in [0.5, 0.6) is 5.75 Å². The Hall–Kier alpha value is -3.11. The average molecular weight is 357 g/mol. The second-order valence-corrected chi connectivity index (χ2v) is 7.10. The number of benzene rings is 3. The van der Waals surface area contributed by atoms with E-state index < -0.39 is 0 Å². The highest BCUT2D eigenvalue weighted by atomic mass is 16.5. The average Bonchev–Trinajstić information content (AvgIpc) is 2.70. The molecule has 4 heteroatoms. The molecule has 0 amide bonds. The summed E-state index contributed by atoms with van der Waals surface area (Å²) in [7, 11) is 0. The second kappa shape index (κ2) is 6.25. The lowest BCUT2D eigenvalue weighted by Gasteiger charge is -2.29. The van der Waals surface area contributed by atoms with Gasteiger partial charge in [0.2, 0.25) is 0 Å². The van der Waals surface area contributed by atoms with Crippen molar-refractivity contribution in [3.8, 4) is 5.75 Å². The number of nitrogens with zero attached hydrogens (tertiary/aromatic N) is 1. The van der Waals surface area contributed by atoms with E-state index in [-0.39, 0.29) is 5.63 Å². The van der Waals surface area contributed by atoms with Gasteiger partial charge < -0.3 is 9.15 Å². The molecule has 4 aromatic rings. The van der Waals surface area contributed by atoms with Crippen molar-refractivity contribution in [3.05, 3.63) is 87.8 Å². The number of fused-ring (bicyclic) bond motifs is 5. The van der Waals surface area contributed by atoms with E-state index in [4.69, 9.17) is 9.15 Å². The van der Waals surface area contributed by atoms with Crippen LogP contribution in [0.1, 0.15) is 16.7 Å². The third-order valence-electron chi connectivity index (χ3n) is 5.16. The molecule has 0 unspecified atom stereocenters. The van der Waals surface area contributed by atoms with Crippen LogP contribution in [0.2, 0.25) is 0 Å². The van der Waals surface area contributed by atoms with Crippen molar-refractivity contribution in [2.45, 2.75) is 20.0 Å². The van der Waals surface area contributed by atoms with E-state index in [1.54, 1.807) is 6.07 Å². The highest BCUT2D eigenvalue weighted by Crippen LogP contribution is 2.34. The summed E-state index contributed by atoms with van der Waals surface area (Å²) in [5.74, 6) is 0.793. The Balaban J connectivity index is 1.58. The van der Waals surface area contributed by atoms with E-state index in [0.29, 0.717) is 24.2 Å². The predicted octanol–water partition coefficient (Wildman–Crippen LogP) is 4.61. The fourth-order valence-corrected chi connectivity index (χ4v) is 3.75. The SMILES string of the molecule is Cc1ccc(CN2COc3ccc4c(oc(=O)c5ccccc54)c3C2)cc1.